The van der Waals surface area contributed by atoms with Crippen LogP contribution in [0.15, 0.2) is 158 Å². The SMILES string of the molecule is CC/C=C\C/C=C\C/C=C\C/C=C\C/C=C\C/C=C\C/C=C\C/C=C\C/C=C\C/C=C\C/C=C\C/C=C\CCCCC(=O)OC(COC(=O)CCCCCCCCCCC/C=C\CCCCCCCC)COC(OCC[N+](C)(C)C)C(=O)[O-]. The van der Waals surface area contributed by atoms with Crippen LogP contribution in [0.3, 0.4) is 0 Å². The molecule has 83 heavy (non-hydrogen) atoms. The zero-order valence-corrected chi connectivity index (χ0v) is 53.2. The number of allylic oxidation sites excluding steroid dienone is 26. The molecule has 0 fully saturated rings. The number of unbranched alkanes of at least 4 members (excludes halogenated alkanes) is 17. The summed E-state index contributed by atoms with van der Waals surface area (Å²) in [5.74, 6) is -2.36. The van der Waals surface area contributed by atoms with E-state index in [1.54, 1.807) is 0 Å². The summed E-state index contributed by atoms with van der Waals surface area (Å²) in [6.07, 6.45) is 90.3. The van der Waals surface area contributed by atoms with E-state index < -0.39 is 24.3 Å². The Morgan fingerprint density at radius 3 is 1.06 bits per heavy atom. The van der Waals surface area contributed by atoms with Crippen LogP contribution in [0.25, 0.3) is 0 Å². The lowest BCUT2D eigenvalue weighted by atomic mass is 10.1. The number of carboxylic acids is 1. The van der Waals surface area contributed by atoms with Gasteiger partial charge in [0, 0.05) is 12.8 Å². The lowest BCUT2D eigenvalue weighted by molar-refractivity contribution is -0.870. The molecule has 0 N–H and O–H groups in total. The number of hydrogen-bond acceptors (Lipinski definition) is 8. The maximum atomic E-state index is 12.9. The van der Waals surface area contributed by atoms with Crippen molar-refractivity contribution in [3.63, 3.8) is 0 Å². The number of aliphatic carboxylic acids is 1. The van der Waals surface area contributed by atoms with E-state index in [1.165, 1.54) is 83.5 Å². The molecule has 0 aliphatic carbocycles. The number of carboxylic acid groups (broad SMARTS) is 1. The van der Waals surface area contributed by atoms with Gasteiger partial charge in [-0.1, -0.05) is 249 Å². The lowest BCUT2D eigenvalue weighted by Crippen LogP contribution is -2.44. The van der Waals surface area contributed by atoms with Crippen molar-refractivity contribution < 1.29 is 42.9 Å². The molecule has 0 bridgehead atoms. The molecular formula is C74H119NO8. The van der Waals surface area contributed by atoms with E-state index in [-0.39, 0.29) is 38.6 Å². The highest BCUT2D eigenvalue weighted by Gasteiger charge is 2.22. The minimum absolute atomic E-state index is 0.131. The summed E-state index contributed by atoms with van der Waals surface area (Å²) in [4.78, 5) is 37.4. The molecule has 0 saturated heterocycles. The summed E-state index contributed by atoms with van der Waals surface area (Å²) in [6.45, 7) is 4.56. The molecule has 0 saturated carbocycles. The fourth-order valence-corrected chi connectivity index (χ4v) is 8.28. The van der Waals surface area contributed by atoms with Gasteiger partial charge in [0.1, 0.15) is 13.2 Å². The summed E-state index contributed by atoms with van der Waals surface area (Å²) in [7, 11) is 5.90. The zero-order valence-electron chi connectivity index (χ0n) is 53.2. The number of esters is 2. The van der Waals surface area contributed by atoms with Crippen molar-refractivity contribution in [3.05, 3.63) is 158 Å². The molecule has 2 atom stereocenters. The predicted molar refractivity (Wildman–Crippen MR) is 352 cm³/mol. The number of rotatable bonds is 58. The predicted octanol–water partition coefficient (Wildman–Crippen LogP) is 18.8. The lowest BCUT2D eigenvalue weighted by Gasteiger charge is -2.26. The minimum atomic E-state index is -1.64. The first-order chi connectivity index (χ1) is 40.6. The Hall–Kier alpha value is -5.09. The number of carbonyl (C=O) groups is 3. The topological polar surface area (TPSA) is 111 Å². The molecule has 0 aliphatic heterocycles. The van der Waals surface area contributed by atoms with E-state index in [4.69, 9.17) is 18.9 Å². The van der Waals surface area contributed by atoms with Gasteiger partial charge in [-0.05, 0) is 128 Å². The highest BCUT2D eigenvalue weighted by molar-refractivity contribution is 5.70. The Morgan fingerprint density at radius 1 is 0.373 bits per heavy atom. The van der Waals surface area contributed by atoms with Gasteiger partial charge in [0.15, 0.2) is 12.4 Å². The molecule has 0 spiro atoms. The third-order valence-corrected chi connectivity index (χ3v) is 13.3. The highest BCUT2D eigenvalue weighted by atomic mass is 16.7. The number of likely N-dealkylation sites (N-methyl/N-ethyl adjacent to an activating group) is 1. The zero-order chi connectivity index (χ0) is 60.5. The standard InChI is InChI=1S/C74H119NO8/c1-6-8-10-12-14-16-18-20-22-24-26-27-28-29-30-31-32-33-34-35-36-37-38-39-40-41-42-43-44-45-47-49-51-53-55-57-59-61-63-65-72(77)83-70(69-82-74(73(78)79)80-67-66-75(3,4)5)68-81-71(76)64-62-60-58-56-54-52-50-48-46-25-23-21-19-17-15-13-11-9-7-2/h8,10,14,16,20-23,26-27,29-30,32-33,35-36,38-39,41-42,44-45,49,51,55,57,70,74H,6-7,9,11-13,15,17-19,24-25,28,31,34,37,40,43,46-48,50,52-54,56,58-69H2,1-5H3/b10-8-,16-14-,22-20-,23-21-,27-26-,30-29-,33-32-,36-35-,39-38-,42-41-,45-44-,51-49-,57-55-. The fraction of sp³-hybridized carbons (Fsp3) is 0.608. The van der Waals surface area contributed by atoms with Gasteiger partial charge in [-0.2, -0.15) is 0 Å². The Bertz CT molecular complexity index is 1920. The summed E-state index contributed by atoms with van der Waals surface area (Å²) in [5.41, 5.74) is 0. The molecule has 0 aromatic heterocycles. The van der Waals surface area contributed by atoms with Crippen molar-refractivity contribution in [1.29, 1.82) is 0 Å². The van der Waals surface area contributed by atoms with Gasteiger partial charge < -0.3 is 33.3 Å². The average molecular weight is 1150 g/mol. The molecule has 0 amide bonds. The number of quaternary nitrogens is 1. The molecule has 9 heteroatoms. The van der Waals surface area contributed by atoms with Crippen LogP contribution in [0.5, 0.6) is 0 Å². The first-order valence-corrected chi connectivity index (χ1v) is 32.6. The van der Waals surface area contributed by atoms with Crippen LogP contribution in [0, 0.1) is 0 Å². The Morgan fingerprint density at radius 2 is 0.687 bits per heavy atom. The third-order valence-electron chi connectivity index (χ3n) is 13.3. The van der Waals surface area contributed by atoms with Crippen molar-refractivity contribution in [1.82, 2.24) is 0 Å². The van der Waals surface area contributed by atoms with Crippen molar-refractivity contribution in [2.45, 2.75) is 245 Å². The van der Waals surface area contributed by atoms with Gasteiger partial charge >= 0.3 is 11.9 Å². The molecule has 0 aromatic rings. The van der Waals surface area contributed by atoms with Crippen LogP contribution in [0.1, 0.15) is 232 Å². The first kappa shape index (κ1) is 77.9. The number of hydrogen-bond donors (Lipinski definition) is 0. The van der Waals surface area contributed by atoms with Crippen molar-refractivity contribution in [2.24, 2.45) is 0 Å². The monoisotopic (exact) mass is 1150 g/mol. The van der Waals surface area contributed by atoms with Gasteiger partial charge in [-0.15, -0.1) is 0 Å². The summed E-state index contributed by atoms with van der Waals surface area (Å²) in [6, 6.07) is 0. The molecule has 0 rings (SSSR count). The molecule has 0 aliphatic rings. The van der Waals surface area contributed by atoms with Crippen molar-refractivity contribution in [2.75, 3.05) is 47.5 Å². The number of carbonyl (C=O) groups excluding carboxylic acids is 3. The van der Waals surface area contributed by atoms with Crippen LogP contribution in [-0.2, 0) is 33.3 Å². The van der Waals surface area contributed by atoms with E-state index in [9.17, 15) is 19.5 Å². The van der Waals surface area contributed by atoms with Crippen LogP contribution in [0.2, 0.25) is 0 Å². The second-order valence-corrected chi connectivity index (χ2v) is 22.3. The van der Waals surface area contributed by atoms with Crippen molar-refractivity contribution >= 4 is 17.9 Å². The molecule has 0 heterocycles. The molecule has 0 radical (unpaired) electrons. The first-order valence-electron chi connectivity index (χ1n) is 32.6. The van der Waals surface area contributed by atoms with E-state index in [1.807, 2.05) is 21.1 Å². The smallest absolute Gasteiger partial charge is 0.306 e. The van der Waals surface area contributed by atoms with Crippen molar-refractivity contribution in [3.8, 4) is 0 Å². The largest absolute Gasteiger partial charge is 0.545 e. The van der Waals surface area contributed by atoms with Crippen LogP contribution in [0.4, 0.5) is 0 Å². The fourth-order valence-electron chi connectivity index (χ4n) is 8.28. The van der Waals surface area contributed by atoms with E-state index in [0.29, 0.717) is 17.4 Å². The normalized spacial score (nSPS) is 13.8. The van der Waals surface area contributed by atoms with Crippen LogP contribution < -0.4 is 5.11 Å². The average Bonchev–Trinajstić information content (AvgIpc) is 3.46. The summed E-state index contributed by atoms with van der Waals surface area (Å²) in [5, 5.41) is 11.8. The second-order valence-electron chi connectivity index (χ2n) is 22.3. The third kappa shape index (κ3) is 64.3. The van der Waals surface area contributed by atoms with Gasteiger partial charge in [0.25, 0.3) is 0 Å². The van der Waals surface area contributed by atoms with Gasteiger partial charge in [-0.25, -0.2) is 0 Å². The quantitative estimate of drug-likeness (QED) is 0.0195. The second kappa shape index (κ2) is 62.9. The Balaban J connectivity index is 4.30. The summed E-state index contributed by atoms with van der Waals surface area (Å²) < 4.78 is 22.7. The van der Waals surface area contributed by atoms with Gasteiger partial charge in [0.05, 0.1) is 40.3 Å². The van der Waals surface area contributed by atoms with Gasteiger partial charge in [-0.3, -0.25) is 9.59 Å². The Kier molecular flexibility index (Phi) is 59.1. The maximum absolute atomic E-state index is 12.9. The van der Waals surface area contributed by atoms with Crippen LogP contribution in [-0.4, -0.2) is 82.3 Å². The highest BCUT2D eigenvalue weighted by Crippen LogP contribution is 2.14. The Labute approximate surface area is 508 Å². The van der Waals surface area contributed by atoms with E-state index >= 15 is 0 Å². The number of ether oxygens (including phenoxy) is 4. The molecule has 2 unspecified atom stereocenters. The molecule has 9 nitrogen and oxygen atoms in total. The minimum Gasteiger partial charge on any atom is -0.545 e. The summed E-state index contributed by atoms with van der Waals surface area (Å²) >= 11 is 0. The molecule has 468 valence electrons. The van der Waals surface area contributed by atoms with E-state index in [2.05, 4.69) is 172 Å². The van der Waals surface area contributed by atoms with Crippen LogP contribution >= 0.6 is 0 Å². The number of nitrogens with zero attached hydrogens (tertiary/aromatic N) is 1. The molecular weight excluding hydrogens is 1030 g/mol. The van der Waals surface area contributed by atoms with E-state index in [0.717, 1.165) is 116 Å². The van der Waals surface area contributed by atoms with Gasteiger partial charge in [0.2, 0.25) is 0 Å². The molecule has 0 aromatic carbocycles. The maximum Gasteiger partial charge on any atom is 0.306 e.